The van der Waals surface area contributed by atoms with Crippen LogP contribution >= 0.6 is 11.3 Å². The zero-order valence-electron chi connectivity index (χ0n) is 15.1. The molecule has 0 saturated carbocycles. The fourth-order valence-corrected chi connectivity index (χ4v) is 3.83. The van der Waals surface area contributed by atoms with E-state index in [0.717, 1.165) is 34.5 Å². The smallest absolute Gasteiger partial charge is 0.309 e. The number of nitrogens with one attached hydrogen (secondary N) is 1. The Labute approximate surface area is 146 Å². The lowest BCUT2D eigenvalue weighted by molar-refractivity contribution is -0.159. The summed E-state index contributed by atoms with van der Waals surface area (Å²) in [5.41, 5.74) is 0.544. The minimum absolute atomic E-state index is 0.0776. The monoisotopic (exact) mass is 350 g/mol. The van der Waals surface area contributed by atoms with E-state index in [-0.39, 0.29) is 17.4 Å². The molecule has 1 unspecified atom stereocenters. The van der Waals surface area contributed by atoms with Crippen LogP contribution in [0.15, 0.2) is 11.1 Å². The molecule has 0 bridgehead atoms. The van der Waals surface area contributed by atoms with Crippen molar-refractivity contribution in [3.8, 4) is 0 Å². The van der Waals surface area contributed by atoms with E-state index >= 15 is 0 Å². The number of rotatable bonds is 6. The molecule has 6 heteroatoms. The molecule has 0 radical (unpaired) electrons. The van der Waals surface area contributed by atoms with Crippen molar-refractivity contribution < 1.29 is 9.53 Å². The van der Waals surface area contributed by atoms with Crippen LogP contribution in [0.2, 0.25) is 0 Å². The minimum atomic E-state index is -0.465. The number of esters is 1. The molecule has 0 aliphatic heterocycles. The summed E-state index contributed by atoms with van der Waals surface area (Å²) >= 11 is 1.56. The van der Waals surface area contributed by atoms with Crippen LogP contribution in [-0.2, 0) is 22.4 Å². The first-order valence-corrected chi connectivity index (χ1v) is 9.25. The van der Waals surface area contributed by atoms with Crippen LogP contribution in [0.3, 0.4) is 0 Å². The van der Waals surface area contributed by atoms with Gasteiger partial charge in [0.25, 0.3) is 5.56 Å². The highest BCUT2D eigenvalue weighted by Gasteiger charge is 2.23. The number of thiophene rings is 1. The molecule has 0 spiro atoms. The fourth-order valence-electron chi connectivity index (χ4n) is 2.63. The molecule has 0 aromatic carbocycles. The Balaban J connectivity index is 2.18. The summed E-state index contributed by atoms with van der Waals surface area (Å²) in [5, 5.41) is 0.712. The molecular weight excluding hydrogens is 324 g/mol. The zero-order valence-corrected chi connectivity index (χ0v) is 15.9. The van der Waals surface area contributed by atoms with Crippen molar-refractivity contribution >= 4 is 27.5 Å². The number of ether oxygens (including phenoxy) is 1. The summed E-state index contributed by atoms with van der Waals surface area (Å²) in [7, 11) is 0. The molecule has 0 amide bonds. The van der Waals surface area contributed by atoms with Crippen LogP contribution in [0.1, 0.15) is 57.9 Å². The average Bonchev–Trinajstić information content (AvgIpc) is 2.82. The molecule has 0 fully saturated rings. The number of hydrogen-bond donors (Lipinski definition) is 1. The molecule has 2 aromatic rings. The highest BCUT2D eigenvalue weighted by Crippen LogP contribution is 2.30. The highest BCUT2D eigenvalue weighted by atomic mass is 32.1. The fraction of sp³-hybridized carbons (Fsp3) is 0.611. The molecule has 2 heterocycles. The molecule has 1 N–H and O–H groups in total. The Bertz CT molecular complexity index is 771. The molecule has 132 valence electrons. The molecule has 0 aliphatic rings. The van der Waals surface area contributed by atoms with E-state index in [0.29, 0.717) is 11.8 Å². The zero-order chi connectivity index (χ0) is 17.9. The Morgan fingerprint density at radius 1 is 1.38 bits per heavy atom. The summed E-state index contributed by atoms with van der Waals surface area (Å²) in [6.07, 6.45) is 4.73. The Kier molecular flexibility index (Phi) is 5.80. The van der Waals surface area contributed by atoms with Gasteiger partial charge in [0, 0.05) is 4.88 Å². The van der Waals surface area contributed by atoms with Crippen LogP contribution in [0.25, 0.3) is 10.2 Å². The van der Waals surface area contributed by atoms with Crippen LogP contribution in [-0.4, -0.2) is 21.5 Å². The summed E-state index contributed by atoms with van der Waals surface area (Å²) in [6, 6.07) is 0. The molecule has 2 aromatic heterocycles. The number of hydrogen-bond acceptors (Lipinski definition) is 5. The summed E-state index contributed by atoms with van der Waals surface area (Å²) < 4.78 is 5.44. The Hall–Kier alpha value is -1.69. The maximum atomic E-state index is 12.1. The summed E-state index contributed by atoms with van der Waals surface area (Å²) in [4.78, 5) is 33.1. The van der Waals surface area contributed by atoms with Gasteiger partial charge >= 0.3 is 5.97 Å². The number of aryl methyl sites for hydroxylation is 2. The van der Waals surface area contributed by atoms with E-state index in [4.69, 9.17) is 4.74 Å². The van der Waals surface area contributed by atoms with Gasteiger partial charge in [-0.3, -0.25) is 9.59 Å². The summed E-state index contributed by atoms with van der Waals surface area (Å²) in [5.74, 6) is -0.341. The van der Waals surface area contributed by atoms with Crippen LogP contribution in [0, 0.1) is 5.92 Å². The van der Waals surface area contributed by atoms with Gasteiger partial charge in [-0.05, 0) is 45.6 Å². The first-order valence-electron chi connectivity index (χ1n) is 8.43. The second-order valence-electron chi connectivity index (χ2n) is 7.14. The lowest BCUT2D eigenvalue weighted by Crippen LogP contribution is -2.27. The number of aromatic nitrogens is 2. The SMILES string of the molecule is CCCc1c(CCC(C)C(=O)OC(C)(C)C)sc2nc[nH]c(=O)c12. The van der Waals surface area contributed by atoms with E-state index in [1.165, 1.54) is 6.33 Å². The molecule has 0 saturated heterocycles. The Morgan fingerprint density at radius 2 is 2.08 bits per heavy atom. The number of H-pyrrole nitrogens is 1. The minimum Gasteiger partial charge on any atom is -0.460 e. The number of nitrogens with zero attached hydrogens (tertiary/aromatic N) is 1. The number of fused-ring (bicyclic) bond motifs is 1. The van der Waals surface area contributed by atoms with Gasteiger partial charge in [-0.2, -0.15) is 0 Å². The molecule has 1 atom stereocenters. The maximum absolute atomic E-state index is 12.1. The van der Waals surface area contributed by atoms with Gasteiger partial charge < -0.3 is 9.72 Å². The molecule has 5 nitrogen and oxygen atoms in total. The van der Waals surface area contributed by atoms with Crippen molar-refractivity contribution in [2.75, 3.05) is 0 Å². The molecule has 24 heavy (non-hydrogen) atoms. The highest BCUT2D eigenvalue weighted by molar-refractivity contribution is 7.18. The van der Waals surface area contributed by atoms with Gasteiger partial charge in [0.1, 0.15) is 10.4 Å². The number of aromatic amines is 1. The Morgan fingerprint density at radius 3 is 2.71 bits per heavy atom. The van der Waals surface area contributed by atoms with E-state index in [1.54, 1.807) is 11.3 Å². The predicted octanol–water partition coefficient (Wildman–Crippen LogP) is 3.85. The van der Waals surface area contributed by atoms with Crippen molar-refractivity contribution in [1.82, 2.24) is 9.97 Å². The van der Waals surface area contributed by atoms with Crippen molar-refractivity contribution in [2.45, 2.75) is 65.9 Å². The first kappa shape index (κ1) is 18.6. The van der Waals surface area contributed by atoms with E-state index in [9.17, 15) is 9.59 Å². The maximum Gasteiger partial charge on any atom is 0.309 e. The van der Waals surface area contributed by atoms with Crippen molar-refractivity contribution in [1.29, 1.82) is 0 Å². The lowest BCUT2D eigenvalue weighted by atomic mass is 10.0. The predicted molar refractivity (Wildman–Crippen MR) is 97.6 cm³/mol. The van der Waals surface area contributed by atoms with Crippen molar-refractivity contribution in [3.63, 3.8) is 0 Å². The number of carbonyl (C=O) groups is 1. The summed E-state index contributed by atoms with van der Waals surface area (Å²) in [6.45, 7) is 9.62. The first-order chi connectivity index (χ1) is 11.2. The van der Waals surface area contributed by atoms with E-state index in [2.05, 4.69) is 16.9 Å². The quantitative estimate of drug-likeness (QED) is 0.803. The lowest BCUT2D eigenvalue weighted by Gasteiger charge is -2.22. The average molecular weight is 350 g/mol. The number of carbonyl (C=O) groups excluding carboxylic acids is 1. The third-order valence-electron chi connectivity index (χ3n) is 3.79. The standard InChI is InChI=1S/C18H26N2O3S/c1-6-7-12-13(24-16-14(12)15(21)19-10-20-16)9-8-11(2)17(22)23-18(3,4)5/h10-11H,6-9H2,1-5H3,(H,19,20,21). The van der Waals surface area contributed by atoms with Crippen molar-refractivity contribution in [2.24, 2.45) is 5.92 Å². The normalized spacial score (nSPS) is 13.2. The van der Waals surface area contributed by atoms with Crippen LogP contribution in [0.5, 0.6) is 0 Å². The van der Waals surface area contributed by atoms with Gasteiger partial charge in [-0.25, -0.2) is 4.98 Å². The second-order valence-corrected chi connectivity index (χ2v) is 8.22. The molecular formula is C18H26N2O3S. The molecule has 2 rings (SSSR count). The van der Waals surface area contributed by atoms with Gasteiger partial charge in [0.15, 0.2) is 0 Å². The van der Waals surface area contributed by atoms with Gasteiger partial charge in [-0.15, -0.1) is 11.3 Å². The van der Waals surface area contributed by atoms with E-state index < -0.39 is 5.60 Å². The van der Waals surface area contributed by atoms with Crippen molar-refractivity contribution in [3.05, 3.63) is 27.1 Å². The van der Waals surface area contributed by atoms with Crippen LogP contribution in [0.4, 0.5) is 0 Å². The topological polar surface area (TPSA) is 72.0 Å². The second kappa shape index (κ2) is 7.47. The third kappa shape index (κ3) is 4.44. The van der Waals surface area contributed by atoms with Crippen LogP contribution < -0.4 is 5.56 Å². The largest absolute Gasteiger partial charge is 0.460 e. The molecule has 0 aliphatic carbocycles. The third-order valence-corrected chi connectivity index (χ3v) is 4.99. The van der Waals surface area contributed by atoms with Gasteiger partial charge in [0.2, 0.25) is 0 Å². The van der Waals surface area contributed by atoms with E-state index in [1.807, 2.05) is 27.7 Å². The van der Waals surface area contributed by atoms with Gasteiger partial charge in [0.05, 0.1) is 17.6 Å². The van der Waals surface area contributed by atoms with Gasteiger partial charge in [-0.1, -0.05) is 20.3 Å².